The number of aromatic nitrogens is 2. The molecule has 13 aromatic heterocycles. The van der Waals surface area contributed by atoms with Gasteiger partial charge in [-0.2, -0.15) is 5.26 Å². The Morgan fingerprint density at radius 3 is 1.13 bits per heavy atom. The maximum atomic E-state index is 9.21. The number of nitrogens with zero attached hydrogens (tertiary/aromatic N) is 13. The van der Waals surface area contributed by atoms with E-state index in [0.717, 1.165) is 74.7 Å². The first-order valence-corrected chi connectivity index (χ1v) is 39.2. The van der Waals surface area contributed by atoms with Gasteiger partial charge in [0.05, 0.1) is 110 Å². The van der Waals surface area contributed by atoms with E-state index in [1.807, 2.05) is 78.9 Å². The molecule has 0 saturated carbocycles. The summed E-state index contributed by atoms with van der Waals surface area (Å²) >= 11 is 15.1. The molecule has 1 aliphatic heterocycles. The maximum Gasteiger partial charge on any atom is 0.263 e. The molecule has 14 rings (SSSR count). The topological polar surface area (TPSA) is 219 Å². The van der Waals surface area contributed by atoms with Gasteiger partial charge in [0.25, 0.3) is 28.5 Å². The molecule has 0 aromatic carbocycles. The Bertz CT molecular complexity index is 6060. The van der Waals surface area contributed by atoms with Crippen LogP contribution in [0.3, 0.4) is 0 Å². The van der Waals surface area contributed by atoms with E-state index in [1.54, 1.807) is 146 Å². The third-order valence-electron chi connectivity index (χ3n) is 15.5. The molecule has 0 fully saturated rings. The van der Waals surface area contributed by atoms with Crippen LogP contribution in [0.25, 0.3) is 162 Å². The first kappa shape index (κ1) is 73.1. The van der Waals surface area contributed by atoms with Crippen LogP contribution >= 0.6 is 102 Å². The standard InChI is InChI=1S/C28H12N4S5.C26H21N5S3.C26H14N4O4S/c1-31-17(15-29)13-19-3-5-21(33-19)23-7-9-25(35-23)27-11-12-28(37-27)26-10-8-24(36-26)22-6-4-20(34-22)14-18(16-30)32-2;1-5-7-30-19-11-17(9-15(3)13-27)32-23(19)25-21(30)22-26(34-25)24-20(31(22)8-6-2)12-18(33-24)10-16(14-28)29-4;1-29-17(15-27)5-3-7-19-9-11-21(33-19)25-23-24(32-14-13-31-23)26(35-25)22-12-10-20(34-22)8-4-6-18(16-28)30-2/h3-14H;9-12H,5-8H2,1-3H3;3-12H,13-14H2/b17-13-,18-14+;15-9-,16-10+;7-3+,8-4+,17-5-,18-6+. The van der Waals surface area contributed by atoms with Crippen LogP contribution < -0.4 is 9.47 Å². The van der Waals surface area contributed by atoms with Crippen LogP contribution in [0.2, 0.25) is 0 Å². The highest BCUT2D eigenvalue weighted by atomic mass is 32.1. The first-order chi connectivity index (χ1) is 51.8. The SMILES string of the molecule is [C-]#[N+]/C(C#N)=C/c1cc2c(s1)c1sc3c4sc(/C=C(/C)C#N)cc4n(CCC)c3c1n2CCC.[C-]#[N+]/C(C#N)=C\C=C\c1ccc(-c2sc(-c3ccc(/C=C/C=C(\C#N)[N+]#[C-])o3)c3c2OCCO3)o1.[C-]#[N+]/C(C#N)=C\c1ccc(-c2ccc(-c3ccc(-c4ccc(-c5ccc(/C=C(\C#N)[N+]#[C-])s5)s4)s3)s2)s1. The van der Waals surface area contributed by atoms with Gasteiger partial charge >= 0.3 is 0 Å². The number of allylic oxidation sites excluding steroid dienone is 10. The Balaban J connectivity index is 0.000000149. The summed E-state index contributed by atoms with van der Waals surface area (Å²) in [5.74, 6) is 3.41. The van der Waals surface area contributed by atoms with Crippen molar-refractivity contribution in [3.63, 3.8) is 0 Å². The molecule has 0 spiro atoms. The molecule has 14 heterocycles. The summed E-state index contributed by atoms with van der Waals surface area (Å²) in [5.41, 5.74) is 6.01. The molecule has 0 amide bonds. The second-order valence-electron chi connectivity index (χ2n) is 22.4. The van der Waals surface area contributed by atoms with Crippen LogP contribution in [-0.2, 0) is 13.1 Å². The Morgan fingerprint density at radius 2 is 0.774 bits per heavy atom. The molecule has 1 aliphatic rings. The van der Waals surface area contributed by atoms with E-state index in [1.165, 1.54) is 83.9 Å². The predicted octanol–water partition coefficient (Wildman–Crippen LogP) is 25.6. The normalized spacial score (nSPS) is 12.5. The van der Waals surface area contributed by atoms with Crippen molar-refractivity contribution in [1.29, 1.82) is 31.6 Å². The molecule has 0 radical (unpaired) electrons. The number of ether oxygens (including phenoxy) is 2. The summed E-state index contributed by atoms with van der Waals surface area (Å²) in [5, 5.41) is 54.0. The van der Waals surface area contributed by atoms with Crippen molar-refractivity contribution in [2.45, 2.75) is 46.7 Å². The van der Waals surface area contributed by atoms with Gasteiger partial charge in [-0.25, -0.2) is 50.5 Å². The van der Waals surface area contributed by atoms with Crippen LogP contribution in [0.5, 0.6) is 11.5 Å². The highest BCUT2D eigenvalue weighted by molar-refractivity contribution is 7.35. The quantitative estimate of drug-likeness (QED) is 0.0449. The molecular weight excluding hydrogens is 1500 g/mol. The molecule has 0 aliphatic carbocycles. The summed E-state index contributed by atoms with van der Waals surface area (Å²) in [6, 6.07) is 44.0. The van der Waals surface area contributed by atoms with E-state index in [9.17, 15) is 10.5 Å². The van der Waals surface area contributed by atoms with Crippen molar-refractivity contribution in [1.82, 2.24) is 9.13 Å². The number of fused-ring (bicyclic) bond motifs is 8. The van der Waals surface area contributed by atoms with Gasteiger partial charge in [-0.3, -0.25) is 0 Å². The molecular formula is C80H47N13O4S9. The van der Waals surface area contributed by atoms with E-state index in [4.69, 9.17) is 72.2 Å². The molecule has 13 aromatic rings. The first-order valence-electron chi connectivity index (χ1n) is 31.8. The minimum atomic E-state index is -0.0175. The third-order valence-corrected chi connectivity index (χ3v) is 26.4. The molecule has 0 atom stereocenters. The fourth-order valence-electron chi connectivity index (χ4n) is 11.0. The van der Waals surface area contributed by atoms with Gasteiger partial charge < -0.3 is 27.4 Å². The van der Waals surface area contributed by atoms with E-state index >= 15 is 0 Å². The summed E-state index contributed by atoms with van der Waals surface area (Å²) < 4.78 is 33.6. The van der Waals surface area contributed by atoms with Crippen LogP contribution in [0.15, 0.2) is 164 Å². The van der Waals surface area contributed by atoms with Crippen LogP contribution in [0.4, 0.5) is 0 Å². The third kappa shape index (κ3) is 15.8. The Kier molecular flexibility index (Phi) is 23.2. The molecule has 0 N–H and O–H groups in total. The largest absolute Gasteiger partial charge is 0.484 e. The van der Waals surface area contributed by atoms with E-state index in [-0.39, 0.29) is 28.5 Å². The number of aryl methyl sites for hydroxylation is 2. The van der Waals surface area contributed by atoms with Crippen molar-refractivity contribution in [3.05, 3.63) is 244 Å². The zero-order valence-electron chi connectivity index (χ0n) is 55.9. The molecule has 106 heavy (non-hydrogen) atoms. The summed E-state index contributed by atoms with van der Waals surface area (Å²) in [6.45, 7) is 44.0. The van der Waals surface area contributed by atoms with Crippen molar-refractivity contribution in [2.75, 3.05) is 13.2 Å². The molecule has 26 heteroatoms. The smallest absolute Gasteiger partial charge is 0.263 e. The molecule has 510 valence electrons. The Hall–Kier alpha value is -12.6. The van der Waals surface area contributed by atoms with Crippen molar-refractivity contribution in [2.24, 2.45) is 0 Å². The fourth-order valence-corrected chi connectivity index (χ4v) is 21.2. The summed E-state index contributed by atoms with van der Waals surface area (Å²) in [7, 11) is 0. The molecule has 0 saturated heterocycles. The average Bonchev–Trinajstić information content (AvgIpc) is 1.53. The van der Waals surface area contributed by atoms with Gasteiger partial charge in [0.1, 0.15) is 46.0 Å². The number of nitriles is 6. The Morgan fingerprint density at radius 1 is 0.415 bits per heavy atom. The van der Waals surface area contributed by atoms with E-state index in [0.29, 0.717) is 53.3 Å². The fraction of sp³-hybridized carbons (Fsp3) is 0.113. The van der Waals surface area contributed by atoms with Crippen LogP contribution in [0.1, 0.15) is 64.6 Å². The van der Waals surface area contributed by atoms with Crippen molar-refractivity contribution >= 4 is 179 Å². The number of thiophene rings is 9. The molecule has 0 bridgehead atoms. The molecule has 0 unspecified atom stereocenters. The maximum absolute atomic E-state index is 9.21. The lowest BCUT2D eigenvalue weighted by atomic mass is 10.2. The van der Waals surface area contributed by atoms with Gasteiger partial charge in [0.2, 0.25) is 0 Å². The monoisotopic (exact) mass is 1540 g/mol. The van der Waals surface area contributed by atoms with Crippen LogP contribution in [-0.4, -0.2) is 22.3 Å². The zero-order valence-corrected chi connectivity index (χ0v) is 63.2. The zero-order chi connectivity index (χ0) is 74.4. The van der Waals surface area contributed by atoms with Crippen molar-refractivity contribution < 1.29 is 18.3 Å². The van der Waals surface area contributed by atoms with Gasteiger partial charge in [-0.05, 0) is 165 Å². The van der Waals surface area contributed by atoms with Gasteiger partial charge in [0, 0.05) is 77.2 Å². The lowest BCUT2D eigenvalue weighted by molar-refractivity contribution is 0.174. The lowest BCUT2D eigenvalue weighted by Gasteiger charge is -2.16. The summed E-state index contributed by atoms with van der Waals surface area (Å²) in [4.78, 5) is 30.7. The second-order valence-corrected chi connectivity index (χ2v) is 32.1. The van der Waals surface area contributed by atoms with Crippen molar-refractivity contribution in [3.8, 4) is 108 Å². The lowest BCUT2D eigenvalue weighted by Crippen LogP contribution is -2.14. The predicted molar refractivity (Wildman–Crippen MR) is 433 cm³/mol. The highest BCUT2D eigenvalue weighted by Crippen LogP contribution is 2.55. The Labute approximate surface area is 644 Å². The second kappa shape index (κ2) is 33.7. The van der Waals surface area contributed by atoms with Gasteiger partial charge in [-0.1, -0.05) is 26.0 Å². The van der Waals surface area contributed by atoms with Crippen LogP contribution in [0, 0.1) is 101 Å². The van der Waals surface area contributed by atoms with Gasteiger partial charge in [-0.15, -0.1) is 102 Å². The molecule has 17 nitrogen and oxygen atoms in total. The number of furan rings is 2. The summed E-state index contributed by atoms with van der Waals surface area (Å²) in [6.07, 6.45) is 18.3. The number of rotatable bonds is 18. The number of hydrogen-bond acceptors (Lipinski definition) is 19. The average molecular weight is 1540 g/mol. The van der Waals surface area contributed by atoms with Gasteiger partial charge in [0.15, 0.2) is 11.5 Å². The number of hydrogen-bond donors (Lipinski definition) is 0. The minimum Gasteiger partial charge on any atom is -0.484 e. The van der Waals surface area contributed by atoms with E-state index in [2.05, 4.69) is 102 Å². The minimum absolute atomic E-state index is 0.0175. The van der Waals surface area contributed by atoms with E-state index < -0.39 is 0 Å². The highest BCUT2D eigenvalue weighted by Gasteiger charge is 2.30.